The highest BCUT2D eigenvalue weighted by atomic mass is 16.5. The molecular formula is C30H29N3O4. The van der Waals surface area contributed by atoms with E-state index in [9.17, 15) is 9.59 Å². The summed E-state index contributed by atoms with van der Waals surface area (Å²) in [5, 5.41) is 3.45. The molecule has 1 heterocycles. The number of nitrogens with zero attached hydrogens (tertiary/aromatic N) is 2. The van der Waals surface area contributed by atoms with Gasteiger partial charge >= 0.3 is 5.97 Å². The van der Waals surface area contributed by atoms with Gasteiger partial charge in [0.2, 0.25) is 0 Å². The van der Waals surface area contributed by atoms with Gasteiger partial charge in [-0.3, -0.25) is 4.79 Å². The van der Waals surface area contributed by atoms with E-state index in [4.69, 9.17) is 9.47 Å². The van der Waals surface area contributed by atoms with Gasteiger partial charge in [0, 0.05) is 42.2 Å². The minimum atomic E-state index is -0.372. The van der Waals surface area contributed by atoms with E-state index in [2.05, 4.69) is 22.4 Å². The van der Waals surface area contributed by atoms with E-state index in [0.717, 1.165) is 46.5 Å². The molecule has 0 spiro atoms. The maximum absolute atomic E-state index is 12.7. The van der Waals surface area contributed by atoms with Crippen molar-refractivity contribution in [1.82, 2.24) is 9.55 Å². The van der Waals surface area contributed by atoms with Crippen molar-refractivity contribution in [2.24, 2.45) is 0 Å². The molecule has 7 heteroatoms. The Balaban J connectivity index is 1.46. The van der Waals surface area contributed by atoms with Crippen LogP contribution in [0.1, 0.15) is 56.4 Å². The van der Waals surface area contributed by atoms with Gasteiger partial charge in [-0.2, -0.15) is 0 Å². The molecule has 1 unspecified atom stereocenters. The highest BCUT2D eigenvalue weighted by molar-refractivity contribution is 5.99. The molecule has 0 bridgehead atoms. The molecule has 0 aliphatic heterocycles. The average Bonchev–Trinajstić information content (AvgIpc) is 3.46. The molecule has 3 aromatic carbocycles. The number of aromatic nitrogens is 2. The molecule has 7 nitrogen and oxygen atoms in total. The van der Waals surface area contributed by atoms with Crippen molar-refractivity contribution in [2.75, 3.05) is 12.4 Å². The summed E-state index contributed by atoms with van der Waals surface area (Å²) in [6, 6.07) is 21.1. The molecule has 0 fully saturated rings. The van der Waals surface area contributed by atoms with Crippen LogP contribution in [0.5, 0.6) is 5.75 Å². The fraction of sp³-hybridized carbons (Fsp3) is 0.233. The highest BCUT2D eigenvalue weighted by Gasteiger charge is 2.24. The van der Waals surface area contributed by atoms with Crippen LogP contribution in [0.3, 0.4) is 0 Å². The highest BCUT2D eigenvalue weighted by Crippen LogP contribution is 2.35. The minimum Gasteiger partial charge on any atom is -0.483 e. The smallest absolute Gasteiger partial charge is 0.337 e. The first kappa shape index (κ1) is 24.3. The van der Waals surface area contributed by atoms with Crippen molar-refractivity contribution >= 4 is 17.4 Å². The van der Waals surface area contributed by atoms with Gasteiger partial charge in [-0.1, -0.05) is 30.3 Å². The summed E-state index contributed by atoms with van der Waals surface area (Å²) >= 11 is 0. The van der Waals surface area contributed by atoms with Gasteiger partial charge in [-0.15, -0.1) is 0 Å². The normalized spacial score (nSPS) is 13.5. The van der Waals surface area contributed by atoms with Crippen LogP contribution in [-0.4, -0.2) is 28.4 Å². The Morgan fingerprint density at radius 1 is 1.05 bits per heavy atom. The molecule has 1 aromatic heterocycles. The van der Waals surface area contributed by atoms with Gasteiger partial charge in [0.25, 0.3) is 0 Å². The maximum Gasteiger partial charge on any atom is 0.337 e. The van der Waals surface area contributed by atoms with E-state index < -0.39 is 0 Å². The number of rotatable bonds is 9. The second kappa shape index (κ2) is 11.1. The van der Waals surface area contributed by atoms with Gasteiger partial charge in [-0.25, -0.2) is 9.78 Å². The summed E-state index contributed by atoms with van der Waals surface area (Å²) in [6.07, 6.45) is 7.44. The molecule has 4 aromatic rings. The van der Waals surface area contributed by atoms with Crippen LogP contribution in [0.15, 0.2) is 85.5 Å². The SMILES string of the molecule is COC(=O)c1ccc(NCc2c(OC(Cn3ccnc3)c3ccccc3)ccc3c2CCCC3=O)cc1. The van der Waals surface area contributed by atoms with Crippen LogP contribution in [0.2, 0.25) is 0 Å². The Labute approximate surface area is 216 Å². The molecule has 1 aliphatic carbocycles. The minimum absolute atomic E-state index is 0.175. The Morgan fingerprint density at radius 2 is 1.86 bits per heavy atom. The summed E-state index contributed by atoms with van der Waals surface area (Å²) in [5.41, 5.74) is 5.21. The van der Waals surface area contributed by atoms with Crippen LogP contribution >= 0.6 is 0 Å². The number of hydrogen-bond donors (Lipinski definition) is 1. The van der Waals surface area contributed by atoms with Crippen molar-refractivity contribution in [3.63, 3.8) is 0 Å². The van der Waals surface area contributed by atoms with Gasteiger partial charge in [0.1, 0.15) is 11.9 Å². The predicted molar refractivity (Wildman–Crippen MR) is 141 cm³/mol. The zero-order valence-electron chi connectivity index (χ0n) is 20.7. The lowest BCUT2D eigenvalue weighted by molar-refractivity contribution is 0.0600. The monoisotopic (exact) mass is 495 g/mol. The van der Waals surface area contributed by atoms with Gasteiger partial charge < -0.3 is 19.4 Å². The molecule has 1 aliphatic rings. The topological polar surface area (TPSA) is 82.4 Å². The molecular weight excluding hydrogens is 466 g/mol. The predicted octanol–water partition coefficient (Wildman–Crippen LogP) is 5.62. The lowest BCUT2D eigenvalue weighted by atomic mass is 9.86. The lowest BCUT2D eigenvalue weighted by Crippen LogP contribution is -2.19. The molecule has 188 valence electrons. The number of anilines is 1. The number of Topliss-reactive ketones (excluding diaryl/α,β-unsaturated/α-hetero) is 1. The third-order valence-corrected chi connectivity index (χ3v) is 6.67. The number of carbonyl (C=O) groups is 2. The number of carbonyl (C=O) groups excluding carboxylic acids is 2. The van der Waals surface area contributed by atoms with Crippen LogP contribution < -0.4 is 10.1 Å². The van der Waals surface area contributed by atoms with Gasteiger partial charge in [0.15, 0.2) is 5.78 Å². The number of ether oxygens (including phenoxy) is 2. The van der Waals surface area contributed by atoms with Crippen molar-refractivity contribution in [3.8, 4) is 5.75 Å². The molecule has 37 heavy (non-hydrogen) atoms. The molecule has 1 atom stereocenters. The number of methoxy groups -OCH3 is 1. The number of esters is 1. The van der Waals surface area contributed by atoms with E-state index in [1.807, 2.05) is 53.2 Å². The van der Waals surface area contributed by atoms with Gasteiger partial charge in [0.05, 0.1) is 25.5 Å². The van der Waals surface area contributed by atoms with Crippen molar-refractivity contribution in [2.45, 2.75) is 38.5 Å². The zero-order chi connectivity index (χ0) is 25.6. The van der Waals surface area contributed by atoms with Crippen molar-refractivity contribution < 1.29 is 19.1 Å². The van der Waals surface area contributed by atoms with E-state index in [1.165, 1.54) is 7.11 Å². The number of nitrogens with one attached hydrogen (secondary N) is 1. The fourth-order valence-electron chi connectivity index (χ4n) is 4.73. The van der Waals surface area contributed by atoms with E-state index >= 15 is 0 Å². The van der Waals surface area contributed by atoms with E-state index in [0.29, 0.717) is 25.1 Å². The van der Waals surface area contributed by atoms with Crippen molar-refractivity contribution in [3.05, 3.63) is 113 Å². The first-order chi connectivity index (χ1) is 18.1. The number of imidazole rings is 1. The zero-order valence-corrected chi connectivity index (χ0v) is 20.7. The molecule has 0 radical (unpaired) electrons. The Morgan fingerprint density at radius 3 is 2.59 bits per heavy atom. The Hall–Kier alpha value is -4.39. The molecule has 1 N–H and O–H groups in total. The summed E-state index contributed by atoms with van der Waals surface area (Å²) in [7, 11) is 1.37. The lowest BCUT2D eigenvalue weighted by Gasteiger charge is -2.26. The summed E-state index contributed by atoms with van der Waals surface area (Å²) in [4.78, 5) is 28.6. The standard InChI is InChI=1S/C30H29N3O4/c1-36-30(35)22-10-12-23(13-11-22)32-18-26-24-8-5-9-27(34)25(24)14-15-28(26)37-29(19-33-17-16-31-20-33)21-6-3-2-4-7-21/h2-4,6-7,10-17,20,29,32H,5,8-9,18-19H2,1H3. The quantitative estimate of drug-likeness (QED) is 0.304. The number of benzene rings is 3. The van der Waals surface area contributed by atoms with Gasteiger partial charge in [-0.05, 0) is 60.4 Å². The summed E-state index contributed by atoms with van der Waals surface area (Å²) in [6.45, 7) is 1.08. The van der Waals surface area contributed by atoms with Crippen LogP contribution in [0, 0.1) is 0 Å². The fourth-order valence-corrected chi connectivity index (χ4v) is 4.73. The first-order valence-electron chi connectivity index (χ1n) is 12.4. The maximum atomic E-state index is 12.7. The molecule has 0 saturated carbocycles. The molecule has 5 rings (SSSR count). The third-order valence-electron chi connectivity index (χ3n) is 6.67. The number of hydrogen-bond acceptors (Lipinski definition) is 6. The number of ketones is 1. The average molecular weight is 496 g/mol. The number of fused-ring (bicyclic) bond motifs is 1. The van der Waals surface area contributed by atoms with Crippen LogP contribution in [0.4, 0.5) is 5.69 Å². The largest absolute Gasteiger partial charge is 0.483 e. The third kappa shape index (κ3) is 5.56. The molecule has 0 amide bonds. The summed E-state index contributed by atoms with van der Waals surface area (Å²) < 4.78 is 13.5. The summed E-state index contributed by atoms with van der Waals surface area (Å²) in [5.74, 6) is 0.554. The molecule has 0 saturated heterocycles. The van der Waals surface area contributed by atoms with E-state index in [-0.39, 0.29) is 17.9 Å². The second-order valence-corrected chi connectivity index (χ2v) is 9.04. The van der Waals surface area contributed by atoms with Crippen LogP contribution in [-0.2, 0) is 24.2 Å². The Kier molecular flexibility index (Phi) is 7.31. The second-order valence-electron chi connectivity index (χ2n) is 9.04. The van der Waals surface area contributed by atoms with E-state index in [1.54, 1.807) is 24.7 Å². The first-order valence-corrected chi connectivity index (χ1v) is 12.4. The van der Waals surface area contributed by atoms with Crippen LogP contribution in [0.25, 0.3) is 0 Å². The van der Waals surface area contributed by atoms with Crippen molar-refractivity contribution in [1.29, 1.82) is 0 Å². The Bertz CT molecular complexity index is 1370.